The molecule has 0 amide bonds. The van der Waals surface area contributed by atoms with E-state index in [1.807, 2.05) is 115 Å². The molecule has 0 radical (unpaired) electrons. The fraction of sp³-hybridized carbons (Fsp3) is 0.190. The molecule has 0 bridgehead atoms. The molecule has 2 aliphatic rings. The Morgan fingerprint density at radius 1 is 0.688 bits per heavy atom. The lowest BCUT2D eigenvalue weighted by Crippen LogP contribution is -2.33. The van der Waals surface area contributed by atoms with Gasteiger partial charge in [-0.15, -0.1) is 0 Å². The van der Waals surface area contributed by atoms with Crippen molar-refractivity contribution in [2.75, 3.05) is 13.1 Å². The van der Waals surface area contributed by atoms with Crippen LogP contribution in [0.4, 0.5) is 0 Å². The zero-order chi connectivity index (χ0) is 32.8. The largest absolute Gasteiger partial charge is 0.297 e. The molecular weight excluding hydrogens is 626 g/mol. The Morgan fingerprint density at radius 3 is 1.83 bits per heavy atom. The van der Waals surface area contributed by atoms with E-state index in [1.54, 1.807) is 0 Å². The Morgan fingerprint density at radius 2 is 1.23 bits per heavy atom. The van der Waals surface area contributed by atoms with Gasteiger partial charge >= 0.3 is 0 Å². The van der Waals surface area contributed by atoms with Crippen molar-refractivity contribution in [2.45, 2.75) is 31.8 Å². The lowest BCUT2D eigenvalue weighted by Gasteiger charge is -2.34. The second-order valence-electron chi connectivity index (χ2n) is 12.6. The van der Waals surface area contributed by atoms with Crippen molar-refractivity contribution in [1.82, 2.24) is 9.34 Å². The van der Waals surface area contributed by atoms with Crippen LogP contribution < -0.4 is 15.9 Å². The third-order valence-electron chi connectivity index (χ3n) is 9.64. The van der Waals surface area contributed by atoms with E-state index in [2.05, 4.69) is 64.0 Å². The summed E-state index contributed by atoms with van der Waals surface area (Å²) >= 11 is 0. The smallest absolute Gasteiger partial charge is 0.207 e. The summed E-state index contributed by atoms with van der Waals surface area (Å²) < 4.78 is 35.6. The minimum Gasteiger partial charge on any atom is -0.297 e. The molecule has 0 aromatic heterocycles. The van der Waals surface area contributed by atoms with Gasteiger partial charge in [-0.2, -0.15) is 0 Å². The lowest BCUT2D eigenvalue weighted by molar-refractivity contribution is 0.307. The van der Waals surface area contributed by atoms with E-state index in [0.29, 0.717) is 19.6 Å². The maximum Gasteiger partial charge on any atom is 0.207 e. The van der Waals surface area contributed by atoms with Gasteiger partial charge in [-0.1, -0.05) is 133 Å². The molecule has 48 heavy (non-hydrogen) atoms. The van der Waals surface area contributed by atoms with Crippen LogP contribution in [0, 0.1) is 5.92 Å². The van der Waals surface area contributed by atoms with Crippen molar-refractivity contribution < 1.29 is 9.13 Å². The number of hydrogen-bond acceptors (Lipinski definition) is 2. The highest BCUT2D eigenvalue weighted by Gasteiger charge is 2.53. The molecule has 1 heterocycles. The van der Waals surface area contributed by atoms with Gasteiger partial charge in [0.05, 0.1) is 6.04 Å². The van der Waals surface area contributed by atoms with E-state index >= 15 is 9.13 Å². The van der Waals surface area contributed by atoms with Gasteiger partial charge < -0.3 is 0 Å². The number of allylic oxidation sites excluding steroid dienone is 2. The minimum atomic E-state index is -3.17. The van der Waals surface area contributed by atoms with Gasteiger partial charge in [0, 0.05) is 46.8 Å². The summed E-state index contributed by atoms with van der Waals surface area (Å²) in [5.74, 6) is 0.0677. The Kier molecular flexibility index (Phi) is 9.89. The van der Waals surface area contributed by atoms with Crippen LogP contribution in [0.3, 0.4) is 0 Å². The highest BCUT2D eigenvalue weighted by atomic mass is 31.2. The van der Waals surface area contributed by atoms with Crippen LogP contribution in [0.1, 0.15) is 36.4 Å². The Balaban J connectivity index is 1.21. The van der Waals surface area contributed by atoms with E-state index in [9.17, 15) is 0 Å². The molecule has 0 saturated carbocycles. The van der Waals surface area contributed by atoms with Crippen molar-refractivity contribution in [3.05, 3.63) is 186 Å². The molecule has 0 spiro atoms. The van der Waals surface area contributed by atoms with Crippen LogP contribution in [0.5, 0.6) is 0 Å². The highest BCUT2D eigenvalue weighted by Crippen LogP contribution is 2.71. The maximum atomic E-state index is 15.6. The summed E-state index contributed by atoms with van der Waals surface area (Å²) in [4.78, 5) is 0. The Hall–Kier alpha value is -4.04. The number of fused-ring (bicyclic) bond motifs is 1. The standard InChI is InChI=1S/C42H42N2O2P2/c45-47(37-24-10-3-11-25-37,38-26-12-4-13-27-38)43(34-35-20-6-1-7-21-35)32-18-19-33-44-42(36-22-8-2-9-23-36)40-30-16-17-31-41(40)48(44,46)39-28-14-5-15-29-39/h1-16,20-31,40,42H,17-19,32-34H2/t40-,42+,48+/m0/s1. The number of rotatable bonds is 12. The summed E-state index contributed by atoms with van der Waals surface area (Å²) in [5.41, 5.74) is 2.32. The number of nitrogens with zero attached hydrogens (tertiary/aromatic N) is 2. The second-order valence-corrected chi connectivity index (χ2v) is 18.0. The van der Waals surface area contributed by atoms with E-state index in [0.717, 1.165) is 46.1 Å². The Bertz CT molecular complexity index is 1900. The first-order valence-corrected chi connectivity index (χ1v) is 20.3. The molecule has 1 aliphatic heterocycles. The molecule has 1 saturated heterocycles. The van der Waals surface area contributed by atoms with Crippen LogP contribution >= 0.6 is 14.6 Å². The van der Waals surface area contributed by atoms with Gasteiger partial charge in [0.1, 0.15) is 0 Å². The predicted molar refractivity (Wildman–Crippen MR) is 201 cm³/mol. The fourth-order valence-corrected chi connectivity index (χ4v) is 13.8. The molecule has 3 atom stereocenters. The number of unbranched alkanes of at least 4 members (excludes halogenated alkanes) is 1. The topological polar surface area (TPSA) is 40.6 Å². The summed E-state index contributed by atoms with van der Waals surface area (Å²) in [6, 6.07) is 50.8. The summed E-state index contributed by atoms with van der Waals surface area (Å²) in [6.07, 6.45) is 9.14. The van der Waals surface area contributed by atoms with Crippen LogP contribution in [0.15, 0.2) is 175 Å². The van der Waals surface area contributed by atoms with Crippen LogP contribution in [0.25, 0.3) is 0 Å². The monoisotopic (exact) mass is 668 g/mol. The molecule has 5 aromatic rings. The van der Waals surface area contributed by atoms with Crippen molar-refractivity contribution in [3.63, 3.8) is 0 Å². The summed E-state index contributed by atoms with van der Waals surface area (Å²) in [7, 11) is -6.23. The van der Waals surface area contributed by atoms with Gasteiger partial charge in [-0.25, -0.2) is 9.34 Å². The first-order chi connectivity index (χ1) is 23.6. The maximum absolute atomic E-state index is 15.6. The molecule has 5 aromatic carbocycles. The van der Waals surface area contributed by atoms with Crippen molar-refractivity contribution in [3.8, 4) is 0 Å². The van der Waals surface area contributed by atoms with Crippen molar-refractivity contribution in [2.24, 2.45) is 5.92 Å². The fourth-order valence-electron chi connectivity index (χ4n) is 7.40. The highest BCUT2D eigenvalue weighted by molar-refractivity contribution is 7.76. The molecule has 7 rings (SSSR count). The molecule has 0 unspecified atom stereocenters. The van der Waals surface area contributed by atoms with E-state index in [4.69, 9.17) is 0 Å². The zero-order valence-electron chi connectivity index (χ0n) is 27.2. The molecular formula is C42H42N2O2P2. The van der Waals surface area contributed by atoms with E-state index in [-0.39, 0.29) is 12.0 Å². The lowest BCUT2D eigenvalue weighted by atomic mass is 9.89. The first-order valence-electron chi connectivity index (χ1n) is 17.0. The zero-order valence-corrected chi connectivity index (χ0v) is 29.0. The van der Waals surface area contributed by atoms with Gasteiger partial charge in [-0.3, -0.25) is 9.13 Å². The summed E-state index contributed by atoms with van der Waals surface area (Å²) in [6.45, 7) is 1.88. The van der Waals surface area contributed by atoms with Gasteiger partial charge in [0.25, 0.3) is 0 Å². The van der Waals surface area contributed by atoms with Crippen LogP contribution in [-0.2, 0) is 15.7 Å². The average Bonchev–Trinajstić information content (AvgIpc) is 3.42. The third kappa shape index (κ3) is 6.27. The molecule has 1 aliphatic carbocycles. The van der Waals surface area contributed by atoms with E-state index in [1.165, 1.54) is 5.56 Å². The third-order valence-corrected chi connectivity index (χ3v) is 16.1. The van der Waals surface area contributed by atoms with Crippen LogP contribution in [0.2, 0.25) is 0 Å². The molecule has 6 heteroatoms. The molecule has 242 valence electrons. The molecule has 1 fully saturated rings. The van der Waals surface area contributed by atoms with Crippen molar-refractivity contribution in [1.29, 1.82) is 0 Å². The second kappa shape index (κ2) is 14.6. The SMILES string of the molecule is O=P(c1ccccc1)(c1ccccc1)N(CCCCN1[C@H](c2ccccc2)[C@H]2C=CCC=C2[P@]1(=O)c1ccccc1)Cc1ccccc1. The quantitative estimate of drug-likeness (QED) is 0.0755. The van der Waals surface area contributed by atoms with Crippen molar-refractivity contribution >= 4 is 30.5 Å². The average molecular weight is 669 g/mol. The Labute approximate surface area is 285 Å². The molecule has 0 N–H and O–H groups in total. The summed E-state index contributed by atoms with van der Waals surface area (Å²) in [5, 5.41) is 3.64. The first kappa shape index (κ1) is 32.5. The van der Waals surface area contributed by atoms with Crippen LogP contribution in [-0.4, -0.2) is 22.4 Å². The van der Waals surface area contributed by atoms with Gasteiger partial charge in [-0.05, 0) is 66.8 Å². The van der Waals surface area contributed by atoms with Gasteiger partial charge in [0.2, 0.25) is 14.6 Å². The minimum absolute atomic E-state index is 0.0137. The normalized spacial score (nSPS) is 20.8. The molecule has 4 nitrogen and oxygen atoms in total. The predicted octanol–water partition coefficient (Wildman–Crippen LogP) is 9.32. The number of hydrogen-bond donors (Lipinski definition) is 0. The van der Waals surface area contributed by atoms with Gasteiger partial charge in [0.15, 0.2) is 0 Å². The van der Waals surface area contributed by atoms with E-state index < -0.39 is 14.6 Å². The number of benzene rings is 5.